The standard InChI is InChI=1S/C30H48O4/c1-19(2)20-10-13-30(7)23(28(20,5)12-11-24(31)32)9-8-21-22-18-27(4,25(33)34)15-14-26(22,3)16-17-29(21,30)6/h8,19-20,22-23H,9-18H2,1-7H3,(H,31,32)(H,33,34)/t20-,22-,23+,26+,27-,28-,29+,30+/m0/s1. The fourth-order valence-corrected chi connectivity index (χ4v) is 9.77. The molecule has 0 aromatic rings. The van der Waals surface area contributed by atoms with Gasteiger partial charge in [0.1, 0.15) is 0 Å². The van der Waals surface area contributed by atoms with Crippen molar-refractivity contribution in [3.05, 3.63) is 11.6 Å². The average molecular weight is 473 g/mol. The molecule has 0 bridgehead atoms. The third kappa shape index (κ3) is 3.52. The van der Waals surface area contributed by atoms with Gasteiger partial charge < -0.3 is 10.2 Å². The first-order valence-electron chi connectivity index (χ1n) is 13.8. The Bertz CT molecular complexity index is 890. The van der Waals surface area contributed by atoms with Crippen molar-refractivity contribution in [3.8, 4) is 0 Å². The minimum absolute atomic E-state index is 0.00743. The highest BCUT2D eigenvalue weighted by Gasteiger charge is 2.66. The molecule has 0 radical (unpaired) electrons. The Hall–Kier alpha value is -1.32. The molecule has 34 heavy (non-hydrogen) atoms. The summed E-state index contributed by atoms with van der Waals surface area (Å²) < 4.78 is 0. The van der Waals surface area contributed by atoms with E-state index >= 15 is 0 Å². The van der Waals surface area contributed by atoms with Crippen molar-refractivity contribution in [1.82, 2.24) is 0 Å². The van der Waals surface area contributed by atoms with Crippen molar-refractivity contribution < 1.29 is 19.8 Å². The number of carboxylic acid groups (broad SMARTS) is 2. The van der Waals surface area contributed by atoms with Gasteiger partial charge in [-0.05, 0) is 110 Å². The molecule has 0 aromatic heterocycles. The molecule has 0 unspecified atom stereocenters. The zero-order chi connectivity index (χ0) is 25.3. The molecule has 4 aliphatic carbocycles. The smallest absolute Gasteiger partial charge is 0.309 e. The average Bonchev–Trinajstić information content (AvgIpc) is 2.74. The van der Waals surface area contributed by atoms with Crippen LogP contribution >= 0.6 is 0 Å². The van der Waals surface area contributed by atoms with Crippen LogP contribution in [0, 0.1) is 50.7 Å². The number of hydrogen-bond donors (Lipinski definition) is 2. The third-order valence-electron chi connectivity index (χ3n) is 12.4. The summed E-state index contributed by atoms with van der Waals surface area (Å²) >= 11 is 0. The lowest BCUT2D eigenvalue weighted by Crippen LogP contribution is -2.61. The first-order valence-corrected chi connectivity index (χ1v) is 13.8. The van der Waals surface area contributed by atoms with E-state index in [1.54, 1.807) is 5.57 Å². The van der Waals surface area contributed by atoms with Gasteiger partial charge in [-0.15, -0.1) is 0 Å². The highest BCUT2D eigenvalue weighted by atomic mass is 16.4. The maximum absolute atomic E-state index is 12.2. The predicted molar refractivity (Wildman–Crippen MR) is 135 cm³/mol. The van der Waals surface area contributed by atoms with Crippen LogP contribution in [-0.4, -0.2) is 22.2 Å². The molecule has 2 N–H and O–H groups in total. The fraction of sp³-hybridized carbons (Fsp3) is 0.867. The normalized spacial score (nSPS) is 48.4. The fourth-order valence-electron chi connectivity index (χ4n) is 9.77. The first-order chi connectivity index (χ1) is 15.6. The van der Waals surface area contributed by atoms with Gasteiger partial charge in [0.15, 0.2) is 0 Å². The van der Waals surface area contributed by atoms with Gasteiger partial charge in [0.05, 0.1) is 5.41 Å². The van der Waals surface area contributed by atoms with Gasteiger partial charge in [0, 0.05) is 6.42 Å². The minimum atomic E-state index is -0.683. The summed E-state index contributed by atoms with van der Waals surface area (Å²) in [6.07, 6.45) is 11.8. The summed E-state index contributed by atoms with van der Waals surface area (Å²) in [4.78, 5) is 23.9. The van der Waals surface area contributed by atoms with Crippen molar-refractivity contribution in [1.29, 1.82) is 0 Å². The van der Waals surface area contributed by atoms with Crippen molar-refractivity contribution in [2.45, 2.75) is 113 Å². The van der Waals surface area contributed by atoms with Gasteiger partial charge in [0.25, 0.3) is 0 Å². The molecule has 4 heteroatoms. The molecule has 4 nitrogen and oxygen atoms in total. The van der Waals surface area contributed by atoms with Crippen LogP contribution in [0.3, 0.4) is 0 Å². The maximum atomic E-state index is 12.2. The van der Waals surface area contributed by atoms with Crippen molar-refractivity contribution in [2.24, 2.45) is 50.7 Å². The SMILES string of the molecule is CC(C)[C@@H]1CC[C@]2(C)[C@H](CC=C3[C@@H]4C[C@@](C)(C(=O)O)CC[C@]4(C)CC[C@]32C)[C@@]1(C)CCC(=O)O. The second kappa shape index (κ2) is 8.10. The van der Waals surface area contributed by atoms with Crippen molar-refractivity contribution >= 4 is 11.9 Å². The summed E-state index contributed by atoms with van der Waals surface area (Å²) in [6, 6.07) is 0. The van der Waals surface area contributed by atoms with E-state index in [4.69, 9.17) is 0 Å². The van der Waals surface area contributed by atoms with Crippen LogP contribution in [0.4, 0.5) is 0 Å². The van der Waals surface area contributed by atoms with Gasteiger partial charge in [0.2, 0.25) is 0 Å². The van der Waals surface area contributed by atoms with E-state index < -0.39 is 17.4 Å². The van der Waals surface area contributed by atoms with Crippen molar-refractivity contribution in [2.75, 3.05) is 0 Å². The Morgan fingerprint density at radius 3 is 2.24 bits per heavy atom. The van der Waals surface area contributed by atoms with E-state index in [9.17, 15) is 19.8 Å². The molecular formula is C30H48O4. The summed E-state index contributed by atoms with van der Waals surface area (Å²) in [5.74, 6) is 0.576. The highest BCUT2D eigenvalue weighted by Crippen LogP contribution is 2.74. The van der Waals surface area contributed by atoms with Crippen LogP contribution in [0.2, 0.25) is 0 Å². The van der Waals surface area contributed by atoms with E-state index in [1.165, 1.54) is 25.7 Å². The zero-order valence-corrected chi connectivity index (χ0v) is 22.7. The van der Waals surface area contributed by atoms with Crippen LogP contribution < -0.4 is 0 Å². The molecule has 3 fully saturated rings. The predicted octanol–water partition coefficient (Wildman–Crippen LogP) is 7.57. The van der Waals surface area contributed by atoms with Gasteiger partial charge in [-0.3, -0.25) is 9.59 Å². The van der Waals surface area contributed by atoms with Gasteiger partial charge in [-0.25, -0.2) is 0 Å². The quantitative estimate of drug-likeness (QED) is 0.405. The number of carbonyl (C=O) groups is 2. The Labute approximate surface area is 207 Å². The summed E-state index contributed by atoms with van der Waals surface area (Å²) in [7, 11) is 0. The Morgan fingerprint density at radius 2 is 1.65 bits per heavy atom. The molecule has 0 aromatic carbocycles. The molecule has 3 saturated carbocycles. The Balaban J connectivity index is 1.78. The van der Waals surface area contributed by atoms with E-state index in [-0.39, 0.29) is 28.1 Å². The molecular weight excluding hydrogens is 424 g/mol. The second-order valence-corrected chi connectivity index (χ2v) is 14.3. The number of allylic oxidation sites excluding steroid dienone is 2. The summed E-state index contributed by atoms with van der Waals surface area (Å²) in [5.41, 5.74) is 1.30. The molecule has 4 rings (SSSR count). The van der Waals surface area contributed by atoms with E-state index in [0.717, 1.165) is 32.1 Å². The minimum Gasteiger partial charge on any atom is -0.481 e. The lowest BCUT2D eigenvalue weighted by Gasteiger charge is -2.69. The maximum Gasteiger partial charge on any atom is 0.309 e. The monoisotopic (exact) mass is 472 g/mol. The largest absolute Gasteiger partial charge is 0.481 e. The van der Waals surface area contributed by atoms with Gasteiger partial charge in [-0.2, -0.15) is 0 Å². The van der Waals surface area contributed by atoms with Crippen LogP contribution in [0.15, 0.2) is 11.6 Å². The third-order valence-corrected chi connectivity index (χ3v) is 12.4. The van der Waals surface area contributed by atoms with Gasteiger partial charge >= 0.3 is 11.9 Å². The molecule has 0 aliphatic heterocycles. The highest BCUT2D eigenvalue weighted by molar-refractivity contribution is 5.74. The summed E-state index contributed by atoms with van der Waals surface area (Å²) in [6.45, 7) is 16.4. The topological polar surface area (TPSA) is 74.6 Å². The number of hydrogen-bond acceptors (Lipinski definition) is 2. The van der Waals surface area contributed by atoms with Crippen molar-refractivity contribution in [3.63, 3.8) is 0 Å². The molecule has 192 valence electrons. The number of carboxylic acids is 2. The van der Waals surface area contributed by atoms with Crippen LogP contribution in [0.1, 0.15) is 113 Å². The van der Waals surface area contributed by atoms with Crippen LogP contribution in [0.25, 0.3) is 0 Å². The van der Waals surface area contributed by atoms with Crippen LogP contribution in [-0.2, 0) is 9.59 Å². The summed E-state index contributed by atoms with van der Waals surface area (Å²) in [5, 5.41) is 19.6. The molecule has 0 spiro atoms. The van der Waals surface area contributed by atoms with Crippen LogP contribution in [0.5, 0.6) is 0 Å². The second-order valence-electron chi connectivity index (χ2n) is 14.3. The Morgan fingerprint density at radius 1 is 1.00 bits per heavy atom. The first kappa shape index (κ1) is 25.8. The molecule has 0 heterocycles. The molecule has 0 amide bonds. The van der Waals surface area contributed by atoms with Gasteiger partial charge in [-0.1, -0.05) is 53.2 Å². The number of aliphatic carboxylic acids is 2. The number of fused-ring (bicyclic) bond motifs is 5. The van der Waals surface area contributed by atoms with E-state index in [1.807, 2.05) is 6.92 Å². The zero-order valence-electron chi connectivity index (χ0n) is 22.7. The lowest BCUT2D eigenvalue weighted by molar-refractivity contribution is -0.166. The lowest BCUT2D eigenvalue weighted by atomic mass is 9.35. The van der Waals surface area contributed by atoms with E-state index in [0.29, 0.717) is 23.7 Å². The van der Waals surface area contributed by atoms with E-state index in [2.05, 4.69) is 47.6 Å². The number of rotatable bonds is 5. The molecule has 8 atom stereocenters. The molecule has 0 saturated heterocycles. The molecule has 4 aliphatic rings. The Kier molecular flexibility index (Phi) is 6.14.